The van der Waals surface area contributed by atoms with Crippen LogP contribution < -0.4 is 0 Å². The molecule has 1 aliphatic rings. The molecule has 5 nitrogen and oxygen atoms in total. The minimum Gasteiger partial charge on any atom is -0.478 e. The smallest absolute Gasteiger partial charge is 0.340 e. The van der Waals surface area contributed by atoms with Crippen molar-refractivity contribution in [1.82, 2.24) is 0 Å². The second-order valence-corrected chi connectivity index (χ2v) is 4.57. The molecule has 0 bridgehead atoms. The summed E-state index contributed by atoms with van der Waals surface area (Å²) in [4.78, 5) is 26.8. The Balaban J connectivity index is 3.03. The molecule has 0 aliphatic carbocycles. The Hall–Kier alpha value is -1.91. The van der Waals surface area contributed by atoms with Gasteiger partial charge in [-0.15, -0.1) is 0 Å². The van der Waals surface area contributed by atoms with Crippen molar-refractivity contribution in [3.63, 3.8) is 0 Å². The molecule has 0 aromatic rings. The highest BCUT2D eigenvalue weighted by Gasteiger charge is 2.39. The van der Waals surface area contributed by atoms with Crippen LogP contribution in [0.2, 0.25) is 0 Å². The van der Waals surface area contributed by atoms with Crippen LogP contribution in [0.5, 0.6) is 0 Å². The number of carboxylic acid groups (broad SMARTS) is 1. The lowest BCUT2D eigenvalue weighted by molar-refractivity contribution is -0.138. The first kappa shape index (κ1) is 14.2. The normalized spacial score (nSPS) is 20.8. The van der Waals surface area contributed by atoms with Crippen molar-refractivity contribution in [2.75, 3.05) is 0 Å². The lowest BCUT2D eigenvalue weighted by Crippen LogP contribution is -2.25. The molecule has 5 heteroatoms. The Morgan fingerprint density at radius 2 is 2.11 bits per heavy atom. The Bertz CT molecular complexity index is 458. The van der Waals surface area contributed by atoms with Gasteiger partial charge < -0.3 is 9.84 Å². The van der Waals surface area contributed by atoms with E-state index in [1.807, 2.05) is 0 Å². The third kappa shape index (κ3) is 2.85. The third-order valence-electron chi connectivity index (χ3n) is 2.64. The summed E-state index contributed by atoms with van der Waals surface area (Å²) in [6.45, 7) is 6.70. The average Bonchev–Trinajstić information content (AvgIpc) is 2.53. The predicted octanol–water partition coefficient (Wildman–Crippen LogP) is 1.94. The molecule has 0 amide bonds. The molecule has 98 valence electrons. The van der Waals surface area contributed by atoms with Crippen LogP contribution in [-0.2, 0) is 14.3 Å². The number of ether oxygens (including phenoxy) is 1. The van der Waals surface area contributed by atoms with Crippen molar-refractivity contribution in [2.45, 2.75) is 33.2 Å². The number of aliphatic carboxylic acids is 1. The van der Waals surface area contributed by atoms with E-state index in [0.29, 0.717) is 0 Å². The SMILES string of the molecule is C/C=C/C=C(/C(=O)O)C(C)C1=NC(C)(C)C(=O)O1. The molecule has 0 spiro atoms. The van der Waals surface area contributed by atoms with E-state index < -0.39 is 23.4 Å². The highest BCUT2D eigenvalue weighted by atomic mass is 16.6. The van der Waals surface area contributed by atoms with Crippen LogP contribution in [0.25, 0.3) is 0 Å². The maximum Gasteiger partial charge on any atom is 0.340 e. The molecule has 1 rings (SSSR count). The molecule has 1 N–H and O–H groups in total. The van der Waals surface area contributed by atoms with Gasteiger partial charge in [0.25, 0.3) is 0 Å². The van der Waals surface area contributed by atoms with Gasteiger partial charge in [-0.3, -0.25) is 0 Å². The number of hydrogen-bond donors (Lipinski definition) is 1. The molecule has 1 unspecified atom stereocenters. The fraction of sp³-hybridized carbons (Fsp3) is 0.462. The lowest BCUT2D eigenvalue weighted by Gasteiger charge is -2.10. The third-order valence-corrected chi connectivity index (χ3v) is 2.64. The van der Waals surface area contributed by atoms with Crippen LogP contribution in [0, 0.1) is 5.92 Å². The molecule has 0 fully saturated rings. The van der Waals surface area contributed by atoms with Crippen LogP contribution in [-0.4, -0.2) is 28.5 Å². The standard InChI is InChI=1S/C13H17NO4/c1-5-6-7-9(11(15)16)8(2)10-14-13(3,4)12(17)18-10/h5-8H,1-4H3,(H,15,16)/b6-5+,9-7+. The van der Waals surface area contributed by atoms with E-state index in [9.17, 15) is 9.59 Å². The number of carboxylic acids is 1. The van der Waals surface area contributed by atoms with E-state index in [0.717, 1.165) is 0 Å². The molecular weight excluding hydrogens is 234 g/mol. The second kappa shape index (κ2) is 5.16. The van der Waals surface area contributed by atoms with Gasteiger partial charge in [-0.25, -0.2) is 14.6 Å². The monoisotopic (exact) mass is 251 g/mol. The first-order chi connectivity index (χ1) is 8.29. The van der Waals surface area contributed by atoms with Gasteiger partial charge in [-0.2, -0.15) is 0 Å². The number of hydrogen-bond acceptors (Lipinski definition) is 4. The van der Waals surface area contributed by atoms with Gasteiger partial charge >= 0.3 is 11.9 Å². The molecule has 1 atom stereocenters. The van der Waals surface area contributed by atoms with E-state index in [-0.39, 0.29) is 11.5 Å². The van der Waals surface area contributed by atoms with Crippen molar-refractivity contribution < 1.29 is 19.4 Å². The van der Waals surface area contributed by atoms with Gasteiger partial charge in [0.2, 0.25) is 5.90 Å². The number of cyclic esters (lactones) is 1. The summed E-state index contributed by atoms with van der Waals surface area (Å²) in [7, 11) is 0. The van der Waals surface area contributed by atoms with Crippen LogP contribution in [0.3, 0.4) is 0 Å². The van der Waals surface area contributed by atoms with E-state index in [2.05, 4.69) is 4.99 Å². The van der Waals surface area contributed by atoms with Gasteiger partial charge in [0.15, 0.2) is 5.54 Å². The molecule has 0 radical (unpaired) electrons. The van der Waals surface area contributed by atoms with E-state index in [1.165, 1.54) is 6.08 Å². The highest BCUT2D eigenvalue weighted by Crippen LogP contribution is 2.25. The molecule has 0 saturated heterocycles. The van der Waals surface area contributed by atoms with E-state index >= 15 is 0 Å². The lowest BCUT2D eigenvalue weighted by atomic mass is 10.0. The van der Waals surface area contributed by atoms with Crippen molar-refractivity contribution in [1.29, 1.82) is 0 Å². The number of nitrogens with zero attached hydrogens (tertiary/aromatic N) is 1. The van der Waals surface area contributed by atoms with Crippen LogP contribution in [0.15, 0.2) is 28.8 Å². The summed E-state index contributed by atoms with van der Waals surface area (Å²) in [5.74, 6) is -1.92. The highest BCUT2D eigenvalue weighted by molar-refractivity contribution is 6.04. The molecule has 0 aromatic carbocycles. The molecular formula is C13H17NO4. The predicted molar refractivity (Wildman–Crippen MR) is 67.3 cm³/mol. The van der Waals surface area contributed by atoms with Crippen LogP contribution in [0.1, 0.15) is 27.7 Å². The van der Waals surface area contributed by atoms with Gasteiger partial charge in [0.1, 0.15) is 0 Å². The summed E-state index contributed by atoms with van der Waals surface area (Å²) >= 11 is 0. The number of rotatable bonds is 4. The zero-order chi connectivity index (χ0) is 13.9. The molecule has 1 heterocycles. The van der Waals surface area contributed by atoms with E-state index in [1.54, 1.807) is 39.8 Å². The van der Waals surface area contributed by atoms with Crippen LogP contribution >= 0.6 is 0 Å². The average molecular weight is 251 g/mol. The van der Waals surface area contributed by atoms with Crippen molar-refractivity contribution in [3.05, 3.63) is 23.8 Å². The van der Waals surface area contributed by atoms with Crippen molar-refractivity contribution in [3.8, 4) is 0 Å². The van der Waals surface area contributed by atoms with Gasteiger partial charge in [0, 0.05) is 5.57 Å². The fourth-order valence-electron chi connectivity index (χ4n) is 1.48. The number of carbonyl (C=O) groups is 2. The maximum absolute atomic E-state index is 11.5. The van der Waals surface area contributed by atoms with Crippen molar-refractivity contribution in [2.24, 2.45) is 10.9 Å². The van der Waals surface area contributed by atoms with Crippen LogP contribution in [0.4, 0.5) is 0 Å². The summed E-state index contributed by atoms with van der Waals surface area (Å²) in [5, 5.41) is 9.13. The van der Waals surface area contributed by atoms with Gasteiger partial charge in [0.05, 0.1) is 5.92 Å². The number of carbonyl (C=O) groups excluding carboxylic acids is 1. The Morgan fingerprint density at radius 3 is 2.50 bits per heavy atom. The number of esters is 1. The molecule has 1 aliphatic heterocycles. The summed E-state index contributed by atoms with van der Waals surface area (Å²) < 4.78 is 5.03. The zero-order valence-electron chi connectivity index (χ0n) is 10.9. The minimum absolute atomic E-state index is 0.136. The van der Waals surface area contributed by atoms with Crippen molar-refractivity contribution >= 4 is 17.8 Å². The molecule has 18 heavy (non-hydrogen) atoms. The topological polar surface area (TPSA) is 76.0 Å². The number of aliphatic imine (C=N–C) groups is 1. The summed E-state index contributed by atoms with van der Waals surface area (Å²) in [5.41, 5.74) is -0.800. The largest absolute Gasteiger partial charge is 0.478 e. The first-order valence-corrected chi connectivity index (χ1v) is 5.67. The number of allylic oxidation sites excluding steroid dienone is 3. The minimum atomic E-state index is -1.05. The quantitative estimate of drug-likeness (QED) is 0.470. The second-order valence-electron chi connectivity index (χ2n) is 4.57. The Morgan fingerprint density at radius 1 is 1.50 bits per heavy atom. The fourth-order valence-corrected chi connectivity index (χ4v) is 1.48. The summed E-state index contributed by atoms with van der Waals surface area (Å²) in [6.07, 6.45) is 4.83. The van der Waals surface area contributed by atoms with Gasteiger partial charge in [-0.1, -0.05) is 18.2 Å². The van der Waals surface area contributed by atoms with E-state index in [4.69, 9.17) is 9.84 Å². The zero-order valence-corrected chi connectivity index (χ0v) is 10.9. The Labute approximate surface area is 106 Å². The van der Waals surface area contributed by atoms with Gasteiger partial charge in [-0.05, 0) is 27.7 Å². The Kier molecular flexibility index (Phi) is 4.06. The maximum atomic E-state index is 11.5. The first-order valence-electron chi connectivity index (χ1n) is 5.67. The summed E-state index contributed by atoms with van der Waals surface area (Å²) in [6, 6.07) is 0. The molecule has 0 aromatic heterocycles. The molecule has 0 saturated carbocycles.